The van der Waals surface area contributed by atoms with Crippen LogP contribution in [-0.4, -0.2) is 42.7 Å². The van der Waals surface area contributed by atoms with E-state index in [1.807, 2.05) is 29.1 Å². The van der Waals surface area contributed by atoms with Crippen LogP contribution < -0.4 is 5.56 Å². The summed E-state index contributed by atoms with van der Waals surface area (Å²) in [4.78, 5) is 27.7. The van der Waals surface area contributed by atoms with Crippen LogP contribution in [0.3, 0.4) is 0 Å². The molecule has 1 saturated heterocycles. The third-order valence-corrected chi connectivity index (χ3v) is 6.42. The number of rotatable bonds is 5. The van der Waals surface area contributed by atoms with Gasteiger partial charge in [-0.2, -0.15) is 5.10 Å². The summed E-state index contributed by atoms with van der Waals surface area (Å²) in [5.74, 6) is 1.43. The molecule has 7 nitrogen and oxygen atoms in total. The minimum Gasteiger partial charge on any atom is -0.310 e. The minimum atomic E-state index is -0.0982. The Bertz CT molecular complexity index is 1290. The lowest BCUT2D eigenvalue weighted by molar-refractivity contribution is 0.314. The zero-order chi connectivity index (χ0) is 21.5. The molecule has 160 valence electrons. The van der Waals surface area contributed by atoms with E-state index in [1.165, 1.54) is 10.9 Å². The van der Waals surface area contributed by atoms with E-state index in [2.05, 4.69) is 52.9 Å². The second-order valence-electron chi connectivity index (χ2n) is 8.88. The molecule has 0 aliphatic carbocycles. The summed E-state index contributed by atoms with van der Waals surface area (Å²) < 4.78 is 1.84. The van der Waals surface area contributed by atoms with Crippen molar-refractivity contribution in [2.75, 3.05) is 13.1 Å². The smallest absolute Gasteiger partial charge is 0.262 e. The van der Waals surface area contributed by atoms with Crippen LogP contribution in [0.25, 0.3) is 21.9 Å². The zero-order valence-electron chi connectivity index (χ0n) is 18.2. The number of nitrogens with one attached hydrogen (secondary N) is 1. The molecule has 1 N–H and O–H groups in total. The lowest BCUT2D eigenvalue weighted by Gasteiger charge is -2.16. The highest BCUT2D eigenvalue weighted by atomic mass is 16.1. The second kappa shape index (κ2) is 7.89. The van der Waals surface area contributed by atoms with Crippen LogP contribution in [0.5, 0.6) is 0 Å². The molecule has 2 atom stereocenters. The van der Waals surface area contributed by atoms with Gasteiger partial charge in [-0.25, -0.2) is 9.67 Å². The maximum atomic E-state index is 12.7. The molecule has 5 rings (SSSR count). The van der Waals surface area contributed by atoms with Gasteiger partial charge in [-0.05, 0) is 37.5 Å². The average molecular weight is 417 g/mol. The van der Waals surface area contributed by atoms with E-state index in [0.717, 1.165) is 37.4 Å². The van der Waals surface area contributed by atoms with Crippen LogP contribution in [0.15, 0.2) is 47.5 Å². The molecule has 4 aromatic rings. The Morgan fingerprint density at radius 3 is 2.84 bits per heavy atom. The maximum Gasteiger partial charge on any atom is 0.262 e. The molecule has 0 spiro atoms. The van der Waals surface area contributed by atoms with Crippen LogP contribution in [0.1, 0.15) is 50.5 Å². The molecule has 3 aromatic heterocycles. The lowest BCUT2D eigenvalue weighted by Crippen LogP contribution is -2.21. The van der Waals surface area contributed by atoms with Gasteiger partial charge in [0, 0.05) is 43.2 Å². The zero-order valence-corrected chi connectivity index (χ0v) is 18.2. The van der Waals surface area contributed by atoms with Gasteiger partial charge in [0.05, 0.1) is 11.7 Å². The van der Waals surface area contributed by atoms with Crippen molar-refractivity contribution in [3.8, 4) is 0 Å². The van der Waals surface area contributed by atoms with Gasteiger partial charge >= 0.3 is 0 Å². The van der Waals surface area contributed by atoms with E-state index in [4.69, 9.17) is 4.98 Å². The summed E-state index contributed by atoms with van der Waals surface area (Å²) in [5.41, 5.74) is 2.82. The molecular weight excluding hydrogens is 388 g/mol. The number of aromatic amines is 1. The first-order chi connectivity index (χ1) is 15.0. The molecule has 1 aromatic carbocycles. The minimum absolute atomic E-state index is 0.0982. The summed E-state index contributed by atoms with van der Waals surface area (Å²) in [7, 11) is 0. The fourth-order valence-electron chi connectivity index (χ4n) is 4.78. The van der Waals surface area contributed by atoms with Crippen molar-refractivity contribution < 1.29 is 0 Å². The Morgan fingerprint density at radius 2 is 2.03 bits per heavy atom. The first-order valence-corrected chi connectivity index (χ1v) is 11.1. The van der Waals surface area contributed by atoms with Gasteiger partial charge in [-0.1, -0.05) is 31.5 Å². The van der Waals surface area contributed by atoms with Crippen molar-refractivity contribution in [2.24, 2.45) is 5.92 Å². The van der Waals surface area contributed by atoms with E-state index < -0.39 is 0 Å². The molecule has 4 heterocycles. The van der Waals surface area contributed by atoms with Crippen molar-refractivity contribution >= 4 is 21.9 Å². The summed E-state index contributed by atoms with van der Waals surface area (Å²) in [5, 5.41) is 6.10. The number of nitrogens with zero attached hydrogens (tertiary/aromatic N) is 5. The number of aromatic nitrogens is 5. The Morgan fingerprint density at radius 1 is 1.19 bits per heavy atom. The lowest BCUT2D eigenvalue weighted by atomic mass is 9.93. The number of pyridine rings is 1. The highest BCUT2D eigenvalue weighted by Gasteiger charge is 2.34. The van der Waals surface area contributed by atoms with Crippen molar-refractivity contribution in [1.82, 2.24) is 29.6 Å². The fraction of sp³-hybridized carbons (Fsp3) is 0.417. The van der Waals surface area contributed by atoms with Gasteiger partial charge in [0.1, 0.15) is 11.2 Å². The highest BCUT2D eigenvalue weighted by Crippen LogP contribution is 2.34. The first kappa shape index (κ1) is 19.9. The summed E-state index contributed by atoms with van der Waals surface area (Å²) in [6.45, 7) is 9.03. The van der Waals surface area contributed by atoms with Crippen LogP contribution in [0.2, 0.25) is 0 Å². The number of hydrogen-bond donors (Lipinski definition) is 1. The van der Waals surface area contributed by atoms with E-state index in [9.17, 15) is 4.79 Å². The Hall–Kier alpha value is -3.06. The second-order valence-corrected chi connectivity index (χ2v) is 8.88. The highest BCUT2D eigenvalue weighted by molar-refractivity contribution is 5.78. The van der Waals surface area contributed by atoms with E-state index >= 15 is 0 Å². The van der Waals surface area contributed by atoms with Gasteiger partial charge in [0.2, 0.25) is 0 Å². The van der Waals surface area contributed by atoms with Crippen molar-refractivity contribution in [2.45, 2.75) is 45.7 Å². The average Bonchev–Trinajstić information content (AvgIpc) is 3.38. The predicted molar refractivity (Wildman–Crippen MR) is 122 cm³/mol. The molecular formula is C24H28N6O. The van der Waals surface area contributed by atoms with Gasteiger partial charge < -0.3 is 4.98 Å². The largest absolute Gasteiger partial charge is 0.310 e. The Labute approximate surface area is 181 Å². The predicted octanol–water partition coefficient (Wildman–Crippen LogP) is 3.87. The molecule has 0 bridgehead atoms. The summed E-state index contributed by atoms with van der Waals surface area (Å²) in [6, 6.07) is 10.6. The molecule has 0 amide bonds. The number of para-hydroxylation sites is 1. The van der Waals surface area contributed by atoms with Gasteiger partial charge in [0.25, 0.3) is 5.56 Å². The van der Waals surface area contributed by atoms with E-state index in [1.54, 1.807) is 6.20 Å². The Kier molecular flexibility index (Phi) is 5.06. The number of likely N-dealkylation sites (tertiary alicyclic amines) is 1. The SMILES string of the molecule is CC[C@@H]1CN(Cc2cnc3ccccc3c2)C[C@H]1c1nc2c(cnn2C(C)C)c(=O)[nH]1. The van der Waals surface area contributed by atoms with Crippen molar-refractivity contribution in [3.05, 3.63) is 64.5 Å². The molecule has 0 unspecified atom stereocenters. The molecule has 1 aliphatic heterocycles. The van der Waals surface area contributed by atoms with Crippen LogP contribution >= 0.6 is 0 Å². The third kappa shape index (κ3) is 3.63. The number of H-pyrrole nitrogens is 1. The van der Waals surface area contributed by atoms with Crippen LogP contribution in [0.4, 0.5) is 0 Å². The van der Waals surface area contributed by atoms with Crippen LogP contribution in [0, 0.1) is 5.92 Å². The van der Waals surface area contributed by atoms with Crippen molar-refractivity contribution in [3.63, 3.8) is 0 Å². The number of fused-ring (bicyclic) bond motifs is 2. The van der Waals surface area contributed by atoms with E-state index in [0.29, 0.717) is 17.0 Å². The quantitative estimate of drug-likeness (QED) is 0.534. The molecule has 0 saturated carbocycles. The topological polar surface area (TPSA) is 79.7 Å². The van der Waals surface area contributed by atoms with Gasteiger partial charge in [-0.15, -0.1) is 0 Å². The number of benzene rings is 1. The van der Waals surface area contributed by atoms with E-state index in [-0.39, 0.29) is 17.5 Å². The fourth-order valence-corrected chi connectivity index (χ4v) is 4.78. The monoisotopic (exact) mass is 416 g/mol. The third-order valence-electron chi connectivity index (χ3n) is 6.42. The maximum absolute atomic E-state index is 12.7. The molecule has 7 heteroatoms. The number of hydrogen-bond acceptors (Lipinski definition) is 5. The van der Waals surface area contributed by atoms with Gasteiger partial charge in [-0.3, -0.25) is 14.7 Å². The molecule has 31 heavy (non-hydrogen) atoms. The van der Waals surface area contributed by atoms with Crippen molar-refractivity contribution in [1.29, 1.82) is 0 Å². The normalized spacial score (nSPS) is 19.7. The summed E-state index contributed by atoms with van der Waals surface area (Å²) in [6.07, 6.45) is 4.64. The van der Waals surface area contributed by atoms with Crippen LogP contribution in [-0.2, 0) is 6.54 Å². The Balaban J connectivity index is 1.43. The first-order valence-electron chi connectivity index (χ1n) is 11.1. The van der Waals surface area contributed by atoms with Gasteiger partial charge in [0.15, 0.2) is 5.65 Å². The standard InChI is InChI=1S/C24H28N6O/c1-4-17-13-29(12-16-9-18-7-5-6-8-21(18)25-10-16)14-20(17)22-27-23-19(24(31)28-22)11-26-30(23)15(2)3/h5-11,15,17,20H,4,12-14H2,1-3H3,(H,27,28,31)/t17-,20-/m1/s1. The summed E-state index contributed by atoms with van der Waals surface area (Å²) >= 11 is 0. The molecule has 1 fully saturated rings. The molecule has 1 aliphatic rings. The molecule has 0 radical (unpaired) electrons.